The van der Waals surface area contributed by atoms with Crippen LogP contribution < -0.4 is 0 Å². The molecule has 3 rings (SSSR count). The zero-order valence-electron chi connectivity index (χ0n) is 11.4. The third-order valence-electron chi connectivity index (χ3n) is 4.52. The standard InChI is InChI=1S/C15H19NO3S/c17-14(11-3-1-2-4-12(11)15(18)19)16-7-5-13-10(9-16)6-8-20-13/h6,8,11-12H,1-5,7,9H2,(H,18,19). The summed E-state index contributed by atoms with van der Waals surface area (Å²) in [6.45, 7) is 1.38. The van der Waals surface area contributed by atoms with Crippen molar-refractivity contribution in [2.45, 2.75) is 38.6 Å². The zero-order valence-corrected chi connectivity index (χ0v) is 12.2. The Hall–Kier alpha value is -1.36. The van der Waals surface area contributed by atoms with E-state index in [2.05, 4.69) is 11.4 Å². The van der Waals surface area contributed by atoms with E-state index in [0.29, 0.717) is 13.0 Å². The third-order valence-corrected chi connectivity index (χ3v) is 5.54. The Morgan fingerprint density at radius 2 is 2.00 bits per heavy atom. The van der Waals surface area contributed by atoms with Gasteiger partial charge in [0.1, 0.15) is 0 Å². The van der Waals surface area contributed by atoms with Crippen molar-refractivity contribution >= 4 is 23.2 Å². The second-order valence-electron chi connectivity index (χ2n) is 5.71. The van der Waals surface area contributed by atoms with Crippen LogP contribution in [0.2, 0.25) is 0 Å². The van der Waals surface area contributed by atoms with Crippen LogP contribution in [0, 0.1) is 11.8 Å². The van der Waals surface area contributed by atoms with Crippen LogP contribution in [-0.4, -0.2) is 28.4 Å². The molecule has 0 spiro atoms. The minimum Gasteiger partial charge on any atom is -0.481 e. The number of carboxylic acid groups (broad SMARTS) is 1. The highest BCUT2D eigenvalue weighted by Gasteiger charge is 2.38. The van der Waals surface area contributed by atoms with Crippen molar-refractivity contribution in [3.05, 3.63) is 21.9 Å². The van der Waals surface area contributed by atoms with Gasteiger partial charge in [-0.15, -0.1) is 11.3 Å². The highest BCUT2D eigenvalue weighted by atomic mass is 32.1. The molecule has 0 bridgehead atoms. The van der Waals surface area contributed by atoms with Crippen LogP contribution in [0.4, 0.5) is 0 Å². The summed E-state index contributed by atoms with van der Waals surface area (Å²) in [4.78, 5) is 27.2. The molecule has 2 unspecified atom stereocenters. The average molecular weight is 293 g/mol. The molecule has 0 radical (unpaired) electrons. The van der Waals surface area contributed by atoms with Crippen molar-refractivity contribution in [3.8, 4) is 0 Å². The minimum atomic E-state index is -0.809. The van der Waals surface area contributed by atoms with Crippen LogP contribution in [0.1, 0.15) is 36.1 Å². The first-order chi connectivity index (χ1) is 9.66. The highest BCUT2D eigenvalue weighted by Crippen LogP contribution is 2.33. The number of hydrogen-bond acceptors (Lipinski definition) is 3. The van der Waals surface area contributed by atoms with Gasteiger partial charge in [0.05, 0.1) is 11.8 Å². The van der Waals surface area contributed by atoms with Crippen LogP contribution in [0.5, 0.6) is 0 Å². The molecule has 20 heavy (non-hydrogen) atoms. The van der Waals surface area contributed by atoms with Gasteiger partial charge in [0.15, 0.2) is 0 Å². The second-order valence-corrected chi connectivity index (χ2v) is 6.72. The number of thiophene rings is 1. The first kappa shape index (κ1) is 13.6. The predicted octanol–water partition coefficient (Wildman–Crippen LogP) is 2.52. The maximum absolute atomic E-state index is 12.7. The first-order valence-electron chi connectivity index (χ1n) is 7.23. The number of carboxylic acids is 1. The van der Waals surface area contributed by atoms with E-state index >= 15 is 0 Å². The van der Waals surface area contributed by atoms with Gasteiger partial charge in [-0.05, 0) is 36.3 Å². The molecular formula is C15H19NO3S. The van der Waals surface area contributed by atoms with Gasteiger partial charge < -0.3 is 10.0 Å². The van der Waals surface area contributed by atoms with E-state index in [1.807, 2.05) is 4.90 Å². The van der Waals surface area contributed by atoms with Crippen molar-refractivity contribution in [1.29, 1.82) is 0 Å². The molecule has 1 aliphatic heterocycles. The highest BCUT2D eigenvalue weighted by molar-refractivity contribution is 7.10. The molecule has 108 valence electrons. The van der Waals surface area contributed by atoms with E-state index in [9.17, 15) is 14.7 Å². The predicted molar refractivity (Wildman–Crippen MR) is 76.5 cm³/mol. The zero-order chi connectivity index (χ0) is 14.1. The Kier molecular flexibility index (Phi) is 3.78. The van der Waals surface area contributed by atoms with Gasteiger partial charge in [0.2, 0.25) is 5.91 Å². The summed E-state index contributed by atoms with van der Waals surface area (Å²) in [7, 11) is 0. The maximum Gasteiger partial charge on any atom is 0.307 e. The fourth-order valence-corrected chi connectivity index (χ4v) is 4.28. The van der Waals surface area contributed by atoms with Crippen molar-refractivity contribution < 1.29 is 14.7 Å². The Bertz CT molecular complexity index is 525. The third kappa shape index (κ3) is 2.46. The van der Waals surface area contributed by atoms with E-state index in [4.69, 9.17) is 0 Å². The van der Waals surface area contributed by atoms with Gasteiger partial charge in [-0.3, -0.25) is 9.59 Å². The number of nitrogens with zero attached hydrogens (tertiary/aromatic N) is 1. The summed E-state index contributed by atoms with van der Waals surface area (Å²) < 4.78 is 0. The van der Waals surface area contributed by atoms with Crippen LogP contribution in [0.25, 0.3) is 0 Å². The van der Waals surface area contributed by atoms with Gasteiger partial charge in [-0.25, -0.2) is 0 Å². The van der Waals surface area contributed by atoms with Crippen molar-refractivity contribution in [1.82, 2.24) is 4.90 Å². The Balaban J connectivity index is 1.73. The molecule has 1 saturated carbocycles. The number of carbonyl (C=O) groups excluding carboxylic acids is 1. The fourth-order valence-electron chi connectivity index (χ4n) is 3.39. The van der Waals surface area contributed by atoms with Gasteiger partial charge in [-0.1, -0.05) is 12.8 Å². The summed E-state index contributed by atoms with van der Waals surface area (Å²) in [6.07, 6.45) is 4.17. The number of carbonyl (C=O) groups is 2. The molecule has 5 heteroatoms. The summed E-state index contributed by atoms with van der Waals surface area (Å²) in [5.74, 6) is -1.56. The monoisotopic (exact) mass is 293 g/mol. The normalized spacial score (nSPS) is 26.1. The molecule has 0 aromatic carbocycles. The van der Waals surface area contributed by atoms with E-state index < -0.39 is 11.9 Å². The fraction of sp³-hybridized carbons (Fsp3) is 0.600. The lowest BCUT2D eigenvalue weighted by Crippen LogP contribution is -2.44. The Morgan fingerprint density at radius 3 is 2.75 bits per heavy atom. The summed E-state index contributed by atoms with van der Waals surface area (Å²) in [5.41, 5.74) is 1.23. The number of fused-ring (bicyclic) bond motifs is 1. The van der Waals surface area contributed by atoms with Crippen molar-refractivity contribution in [3.63, 3.8) is 0 Å². The molecule has 0 saturated heterocycles. The van der Waals surface area contributed by atoms with Crippen molar-refractivity contribution in [2.75, 3.05) is 6.54 Å². The molecule has 1 amide bonds. The number of aliphatic carboxylic acids is 1. The molecule has 4 nitrogen and oxygen atoms in total. The largest absolute Gasteiger partial charge is 0.481 e. The molecule has 2 heterocycles. The van der Waals surface area contributed by atoms with Gasteiger partial charge in [-0.2, -0.15) is 0 Å². The topological polar surface area (TPSA) is 57.6 Å². The summed E-state index contributed by atoms with van der Waals surface area (Å²) in [5, 5.41) is 11.4. The Morgan fingerprint density at radius 1 is 1.25 bits per heavy atom. The maximum atomic E-state index is 12.7. The Labute approximate surface area is 122 Å². The van der Waals surface area contributed by atoms with Crippen LogP contribution in [-0.2, 0) is 22.6 Å². The first-order valence-corrected chi connectivity index (χ1v) is 8.11. The molecule has 2 atom stereocenters. The number of hydrogen-bond donors (Lipinski definition) is 1. The molecule has 2 aliphatic rings. The quantitative estimate of drug-likeness (QED) is 0.911. The van der Waals surface area contributed by atoms with Gasteiger partial charge >= 0.3 is 5.97 Å². The van der Waals surface area contributed by atoms with E-state index in [1.54, 1.807) is 11.3 Å². The van der Waals surface area contributed by atoms with Crippen LogP contribution in [0.3, 0.4) is 0 Å². The van der Waals surface area contributed by atoms with E-state index in [1.165, 1.54) is 10.4 Å². The lowest BCUT2D eigenvalue weighted by Gasteiger charge is -2.34. The van der Waals surface area contributed by atoms with Crippen molar-refractivity contribution in [2.24, 2.45) is 11.8 Å². The molecule has 1 aliphatic carbocycles. The lowest BCUT2D eigenvalue weighted by atomic mass is 9.78. The number of rotatable bonds is 2. The second kappa shape index (κ2) is 5.56. The lowest BCUT2D eigenvalue weighted by molar-refractivity contribution is -0.152. The minimum absolute atomic E-state index is 0.0500. The van der Waals surface area contributed by atoms with Crippen LogP contribution in [0.15, 0.2) is 11.4 Å². The molecule has 1 aromatic rings. The van der Waals surface area contributed by atoms with Gasteiger partial charge in [0.25, 0.3) is 0 Å². The van der Waals surface area contributed by atoms with Crippen LogP contribution >= 0.6 is 11.3 Å². The molecule has 1 fully saturated rings. The average Bonchev–Trinajstić information content (AvgIpc) is 2.93. The van der Waals surface area contributed by atoms with Gasteiger partial charge in [0, 0.05) is 18.0 Å². The SMILES string of the molecule is O=C(O)C1CCCCC1C(=O)N1CCc2sccc2C1. The molecular weight excluding hydrogens is 274 g/mol. The molecule has 1 N–H and O–H groups in total. The van der Waals surface area contributed by atoms with E-state index in [0.717, 1.165) is 32.2 Å². The smallest absolute Gasteiger partial charge is 0.307 e. The van der Waals surface area contributed by atoms with E-state index in [-0.39, 0.29) is 11.8 Å². The number of amides is 1. The summed E-state index contributed by atoms with van der Waals surface area (Å²) >= 11 is 1.75. The molecule has 1 aromatic heterocycles. The summed E-state index contributed by atoms with van der Waals surface area (Å²) in [6, 6.07) is 2.08.